The zero-order valence-electron chi connectivity index (χ0n) is 9.98. The summed E-state index contributed by atoms with van der Waals surface area (Å²) in [6.07, 6.45) is 0.846. The Balaban J connectivity index is 2.89. The van der Waals surface area contributed by atoms with Gasteiger partial charge in [0, 0.05) is 11.6 Å². The molecule has 98 valence electrons. The molecule has 0 aliphatic rings. The quantitative estimate of drug-likeness (QED) is 0.345. The molecule has 0 fully saturated rings. The van der Waals surface area contributed by atoms with Crippen LogP contribution in [0, 0.1) is 5.82 Å². The number of halogens is 1. The van der Waals surface area contributed by atoms with Gasteiger partial charge in [-0.2, -0.15) is 0 Å². The molecule has 3 N–H and O–H groups in total. The zero-order chi connectivity index (χ0) is 13.5. The first-order valence-corrected chi connectivity index (χ1v) is 5.53. The molecule has 1 atom stereocenters. The third-order valence-corrected chi connectivity index (χ3v) is 2.29. The van der Waals surface area contributed by atoms with Crippen LogP contribution in [0.15, 0.2) is 18.2 Å². The molecule has 0 aliphatic carbocycles. The van der Waals surface area contributed by atoms with E-state index >= 15 is 0 Å². The van der Waals surface area contributed by atoms with Gasteiger partial charge >= 0.3 is 0 Å². The van der Waals surface area contributed by atoms with Crippen LogP contribution in [0.1, 0.15) is 30.1 Å². The Morgan fingerprint density at radius 1 is 1.56 bits per heavy atom. The van der Waals surface area contributed by atoms with Gasteiger partial charge in [0.1, 0.15) is 17.9 Å². The number of rotatable bonds is 6. The predicted molar refractivity (Wildman–Crippen MR) is 63.4 cm³/mol. The van der Waals surface area contributed by atoms with Gasteiger partial charge in [-0.1, -0.05) is 13.3 Å². The molecule has 0 saturated heterocycles. The van der Waals surface area contributed by atoms with Crippen LogP contribution in [0.5, 0.6) is 5.75 Å². The van der Waals surface area contributed by atoms with E-state index in [4.69, 9.17) is 10.6 Å². The van der Waals surface area contributed by atoms with E-state index in [2.05, 4.69) is 0 Å². The Morgan fingerprint density at radius 2 is 2.28 bits per heavy atom. The molecular formula is C12H15FN2O3. The van der Waals surface area contributed by atoms with Crippen LogP contribution >= 0.6 is 0 Å². The number of nitrogens with two attached hydrogens (primary N) is 1. The van der Waals surface area contributed by atoms with E-state index in [0.29, 0.717) is 19.1 Å². The van der Waals surface area contributed by atoms with Crippen LogP contribution in [0.4, 0.5) is 4.39 Å². The highest BCUT2D eigenvalue weighted by atomic mass is 19.1. The van der Waals surface area contributed by atoms with Crippen LogP contribution in [0.25, 0.3) is 0 Å². The SMILES string of the molecule is CCCC(Oc1cc(F)cc(C=O)c1)C(=O)NN. The number of carbonyl (C=O) groups is 2. The molecule has 0 aromatic heterocycles. The van der Waals surface area contributed by atoms with Crippen LogP contribution in [0.3, 0.4) is 0 Å². The fraction of sp³-hybridized carbons (Fsp3) is 0.333. The number of benzene rings is 1. The van der Waals surface area contributed by atoms with Gasteiger partial charge in [-0.3, -0.25) is 15.0 Å². The summed E-state index contributed by atoms with van der Waals surface area (Å²) in [7, 11) is 0. The third kappa shape index (κ3) is 3.81. The number of carbonyl (C=O) groups excluding carboxylic acids is 2. The molecule has 1 rings (SSSR count). The molecule has 18 heavy (non-hydrogen) atoms. The molecule has 0 bridgehead atoms. The van der Waals surface area contributed by atoms with Crippen molar-refractivity contribution in [3.8, 4) is 5.75 Å². The lowest BCUT2D eigenvalue weighted by Crippen LogP contribution is -2.42. The zero-order valence-corrected chi connectivity index (χ0v) is 9.98. The van der Waals surface area contributed by atoms with Gasteiger partial charge in [0.2, 0.25) is 0 Å². The molecule has 0 heterocycles. The molecule has 0 aliphatic heterocycles. The lowest BCUT2D eigenvalue weighted by atomic mass is 10.2. The first-order valence-electron chi connectivity index (χ1n) is 5.53. The summed E-state index contributed by atoms with van der Waals surface area (Å²) in [5.74, 6) is 4.07. The Kier molecular flexibility index (Phi) is 5.26. The highest BCUT2D eigenvalue weighted by Crippen LogP contribution is 2.18. The van der Waals surface area contributed by atoms with Gasteiger partial charge in [0.25, 0.3) is 5.91 Å². The summed E-state index contributed by atoms with van der Waals surface area (Å²) >= 11 is 0. The minimum absolute atomic E-state index is 0.124. The maximum Gasteiger partial charge on any atom is 0.274 e. The first-order chi connectivity index (χ1) is 8.60. The van der Waals surface area contributed by atoms with Gasteiger partial charge in [-0.25, -0.2) is 10.2 Å². The van der Waals surface area contributed by atoms with Crippen LogP contribution in [-0.2, 0) is 4.79 Å². The molecule has 1 amide bonds. The minimum Gasteiger partial charge on any atom is -0.480 e. The van der Waals surface area contributed by atoms with Crippen molar-refractivity contribution in [2.75, 3.05) is 0 Å². The lowest BCUT2D eigenvalue weighted by Gasteiger charge is -2.17. The van der Waals surface area contributed by atoms with Gasteiger partial charge in [-0.15, -0.1) is 0 Å². The number of hydrogen-bond acceptors (Lipinski definition) is 4. The van der Waals surface area contributed by atoms with E-state index in [1.165, 1.54) is 6.07 Å². The van der Waals surface area contributed by atoms with Crippen molar-refractivity contribution in [3.05, 3.63) is 29.6 Å². The second-order valence-corrected chi connectivity index (χ2v) is 3.74. The van der Waals surface area contributed by atoms with E-state index in [-0.39, 0.29) is 11.3 Å². The molecule has 5 nitrogen and oxygen atoms in total. The van der Waals surface area contributed by atoms with Crippen molar-refractivity contribution in [2.45, 2.75) is 25.9 Å². The molecule has 1 aromatic carbocycles. The molecule has 1 unspecified atom stereocenters. The summed E-state index contributed by atoms with van der Waals surface area (Å²) in [6, 6.07) is 3.56. The van der Waals surface area contributed by atoms with Gasteiger partial charge in [0.15, 0.2) is 6.10 Å². The molecular weight excluding hydrogens is 239 g/mol. The van der Waals surface area contributed by atoms with Crippen molar-refractivity contribution in [2.24, 2.45) is 5.84 Å². The summed E-state index contributed by atoms with van der Waals surface area (Å²) in [6.45, 7) is 1.88. The molecule has 0 spiro atoms. The fourth-order valence-electron chi connectivity index (χ4n) is 1.48. The second-order valence-electron chi connectivity index (χ2n) is 3.74. The standard InChI is InChI=1S/C12H15FN2O3/c1-2-3-11(12(17)15-14)18-10-5-8(7-16)4-9(13)6-10/h4-7,11H,2-3,14H2,1H3,(H,15,17). The Labute approximate surface area is 104 Å². The largest absolute Gasteiger partial charge is 0.480 e. The Morgan fingerprint density at radius 3 is 2.83 bits per heavy atom. The number of ether oxygens (including phenoxy) is 1. The van der Waals surface area contributed by atoms with Gasteiger partial charge in [0.05, 0.1) is 0 Å². The highest BCUT2D eigenvalue weighted by molar-refractivity contribution is 5.80. The maximum atomic E-state index is 13.2. The van der Waals surface area contributed by atoms with E-state index in [1.807, 2.05) is 12.3 Å². The average Bonchev–Trinajstić information content (AvgIpc) is 2.36. The maximum absolute atomic E-state index is 13.2. The average molecular weight is 254 g/mol. The van der Waals surface area contributed by atoms with Crippen LogP contribution < -0.4 is 16.0 Å². The molecule has 0 radical (unpaired) electrons. The second kappa shape index (κ2) is 6.70. The van der Waals surface area contributed by atoms with E-state index < -0.39 is 17.8 Å². The highest BCUT2D eigenvalue weighted by Gasteiger charge is 2.18. The van der Waals surface area contributed by atoms with Crippen LogP contribution in [-0.4, -0.2) is 18.3 Å². The smallest absolute Gasteiger partial charge is 0.274 e. The summed E-state index contributed by atoms with van der Waals surface area (Å²) < 4.78 is 18.5. The predicted octanol–water partition coefficient (Wildman–Crippen LogP) is 1.18. The monoisotopic (exact) mass is 254 g/mol. The first kappa shape index (κ1) is 14.1. The summed E-state index contributed by atoms with van der Waals surface area (Å²) in [4.78, 5) is 22.0. The summed E-state index contributed by atoms with van der Waals surface area (Å²) in [5.41, 5.74) is 2.13. The van der Waals surface area contributed by atoms with Crippen molar-refractivity contribution in [1.29, 1.82) is 0 Å². The number of nitrogens with one attached hydrogen (secondary N) is 1. The summed E-state index contributed by atoms with van der Waals surface area (Å²) in [5, 5.41) is 0. The van der Waals surface area contributed by atoms with Crippen molar-refractivity contribution in [1.82, 2.24) is 5.43 Å². The number of hydrogen-bond donors (Lipinski definition) is 2. The molecule has 1 aromatic rings. The van der Waals surface area contributed by atoms with Crippen molar-refractivity contribution in [3.63, 3.8) is 0 Å². The normalized spacial score (nSPS) is 11.7. The van der Waals surface area contributed by atoms with Gasteiger partial charge < -0.3 is 4.74 Å². The number of aldehydes is 1. The van der Waals surface area contributed by atoms with Crippen molar-refractivity contribution < 1.29 is 18.7 Å². The third-order valence-electron chi connectivity index (χ3n) is 2.29. The van der Waals surface area contributed by atoms with E-state index in [9.17, 15) is 14.0 Å². The van der Waals surface area contributed by atoms with E-state index in [1.54, 1.807) is 0 Å². The Hall–Kier alpha value is -1.95. The van der Waals surface area contributed by atoms with E-state index in [0.717, 1.165) is 12.1 Å². The van der Waals surface area contributed by atoms with Crippen molar-refractivity contribution >= 4 is 12.2 Å². The Bertz CT molecular complexity index is 437. The lowest BCUT2D eigenvalue weighted by molar-refractivity contribution is -0.128. The molecule has 6 heteroatoms. The fourth-order valence-corrected chi connectivity index (χ4v) is 1.48. The molecule has 0 saturated carbocycles. The topological polar surface area (TPSA) is 81.4 Å². The number of amides is 1. The van der Waals surface area contributed by atoms with Crippen LogP contribution in [0.2, 0.25) is 0 Å². The minimum atomic E-state index is -0.804. The number of hydrazine groups is 1. The van der Waals surface area contributed by atoms with Gasteiger partial charge in [-0.05, 0) is 18.6 Å².